The number of nitriles is 1. The Balaban J connectivity index is 2.37. The SMILES string of the molecule is CCN(C#N)C(=O)C(CS(C)(=O)=O)NC(=O)c1ccccc1-c1ccccc1. The number of rotatable bonds is 7. The Kier molecular flexibility index (Phi) is 6.90. The quantitative estimate of drug-likeness (QED) is 0.564. The fraction of sp³-hybridized carbons (Fsp3) is 0.250. The summed E-state index contributed by atoms with van der Waals surface area (Å²) in [6.07, 6.45) is 2.68. The first kappa shape index (κ1) is 21.1. The molecule has 0 fully saturated rings. The Morgan fingerprint density at radius 2 is 1.71 bits per heavy atom. The van der Waals surface area contributed by atoms with Gasteiger partial charge in [0.2, 0.25) is 0 Å². The van der Waals surface area contributed by atoms with E-state index in [0.717, 1.165) is 16.7 Å². The van der Waals surface area contributed by atoms with Gasteiger partial charge in [0.25, 0.3) is 11.8 Å². The molecule has 2 amide bonds. The van der Waals surface area contributed by atoms with Crippen LogP contribution in [-0.4, -0.2) is 49.7 Å². The molecule has 7 nitrogen and oxygen atoms in total. The molecule has 146 valence electrons. The maximum absolute atomic E-state index is 12.9. The molecule has 0 spiro atoms. The van der Waals surface area contributed by atoms with Crippen LogP contribution in [0, 0.1) is 11.5 Å². The van der Waals surface area contributed by atoms with Crippen molar-refractivity contribution in [1.29, 1.82) is 5.26 Å². The van der Waals surface area contributed by atoms with E-state index < -0.39 is 33.4 Å². The number of benzene rings is 2. The van der Waals surface area contributed by atoms with Crippen molar-refractivity contribution in [3.05, 3.63) is 60.2 Å². The highest BCUT2D eigenvalue weighted by Crippen LogP contribution is 2.23. The molecule has 0 saturated carbocycles. The molecule has 0 saturated heterocycles. The third-order valence-corrected chi connectivity index (χ3v) is 4.97. The fourth-order valence-electron chi connectivity index (χ4n) is 2.73. The average molecular weight is 399 g/mol. The molecule has 1 unspecified atom stereocenters. The van der Waals surface area contributed by atoms with Crippen molar-refractivity contribution in [2.45, 2.75) is 13.0 Å². The number of likely N-dealkylation sites (N-methyl/N-ethyl adjacent to an activating group) is 1. The van der Waals surface area contributed by atoms with Crippen molar-refractivity contribution >= 4 is 21.7 Å². The van der Waals surface area contributed by atoms with E-state index >= 15 is 0 Å². The number of amides is 2. The van der Waals surface area contributed by atoms with Crippen LogP contribution in [0.15, 0.2) is 54.6 Å². The Morgan fingerprint density at radius 3 is 2.29 bits per heavy atom. The van der Waals surface area contributed by atoms with Crippen LogP contribution in [0.1, 0.15) is 17.3 Å². The predicted octanol–water partition coefficient (Wildman–Crippen LogP) is 1.83. The summed E-state index contributed by atoms with van der Waals surface area (Å²) in [7, 11) is -3.58. The molecule has 0 aromatic heterocycles. The molecule has 8 heteroatoms. The van der Waals surface area contributed by atoms with Gasteiger partial charge in [-0.25, -0.2) is 13.3 Å². The van der Waals surface area contributed by atoms with Crippen LogP contribution in [0.5, 0.6) is 0 Å². The lowest BCUT2D eigenvalue weighted by molar-refractivity contribution is -0.129. The van der Waals surface area contributed by atoms with Gasteiger partial charge in [0.05, 0.1) is 5.75 Å². The maximum Gasteiger partial charge on any atom is 0.259 e. The smallest absolute Gasteiger partial charge is 0.259 e. The molecule has 28 heavy (non-hydrogen) atoms. The number of nitrogens with one attached hydrogen (secondary N) is 1. The molecule has 2 rings (SSSR count). The van der Waals surface area contributed by atoms with E-state index in [9.17, 15) is 18.0 Å². The number of carbonyl (C=O) groups is 2. The highest BCUT2D eigenvalue weighted by Gasteiger charge is 2.29. The van der Waals surface area contributed by atoms with Gasteiger partial charge >= 0.3 is 0 Å². The van der Waals surface area contributed by atoms with Gasteiger partial charge in [-0.05, 0) is 24.1 Å². The van der Waals surface area contributed by atoms with E-state index in [-0.39, 0.29) is 6.54 Å². The molecule has 0 aliphatic carbocycles. The van der Waals surface area contributed by atoms with Gasteiger partial charge in [0.15, 0.2) is 6.19 Å². The molecule has 0 aliphatic heterocycles. The van der Waals surface area contributed by atoms with E-state index in [2.05, 4.69) is 5.32 Å². The summed E-state index contributed by atoms with van der Waals surface area (Å²) in [5.41, 5.74) is 1.77. The van der Waals surface area contributed by atoms with Gasteiger partial charge in [-0.3, -0.25) is 9.59 Å². The molecular formula is C20H21N3O4S. The Labute approximate surface area is 164 Å². The molecular weight excluding hydrogens is 378 g/mol. The van der Waals surface area contributed by atoms with Crippen LogP contribution in [0.4, 0.5) is 0 Å². The lowest BCUT2D eigenvalue weighted by Crippen LogP contribution is -2.50. The summed E-state index contributed by atoms with van der Waals surface area (Å²) in [5, 5.41) is 11.6. The van der Waals surface area contributed by atoms with Gasteiger partial charge in [-0.15, -0.1) is 0 Å². The largest absolute Gasteiger partial charge is 0.339 e. The molecule has 2 aromatic rings. The minimum atomic E-state index is -3.58. The van der Waals surface area contributed by atoms with Crippen LogP contribution in [-0.2, 0) is 14.6 Å². The lowest BCUT2D eigenvalue weighted by atomic mass is 9.99. The van der Waals surface area contributed by atoms with E-state index in [1.165, 1.54) is 0 Å². The average Bonchev–Trinajstić information content (AvgIpc) is 2.68. The number of hydrogen-bond donors (Lipinski definition) is 1. The van der Waals surface area contributed by atoms with Gasteiger partial charge in [0, 0.05) is 18.4 Å². The Bertz CT molecular complexity index is 998. The van der Waals surface area contributed by atoms with Gasteiger partial charge in [-0.1, -0.05) is 48.5 Å². The second kappa shape index (κ2) is 9.15. The van der Waals surface area contributed by atoms with Crippen molar-refractivity contribution < 1.29 is 18.0 Å². The first-order valence-corrected chi connectivity index (χ1v) is 10.7. The Morgan fingerprint density at radius 1 is 1.11 bits per heavy atom. The van der Waals surface area contributed by atoms with Crippen molar-refractivity contribution in [3.8, 4) is 17.3 Å². The van der Waals surface area contributed by atoms with Gasteiger partial charge in [0.1, 0.15) is 15.9 Å². The van der Waals surface area contributed by atoms with Crippen LogP contribution >= 0.6 is 0 Å². The normalized spacial score (nSPS) is 11.9. The van der Waals surface area contributed by atoms with Gasteiger partial charge < -0.3 is 5.32 Å². The molecule has 0 bridgehead atoms. The highest BCUT2D eigenvalue weighted by molar-refractivity contribution is 7.90. The van der Waals surface area contributed by atoms with Crippen molar-refractivity contribution in [2.75, 3.05) is 18.6 Å². The zero-order valence-electron chi connectivity index (χ0n) is 15.6. The molecule has 1 N–H and O–H groups in total. The second-order valence-electron chi connectivity index (χ2n) is 6.21. The predicted molar refractivity (Wildman–Crippen MR) is 106 cm³/mol. The van der Waals surface area contributed by atoms with Crippen LogP contribution in [0.3, 0.4) is 0 Å². The monoisotopic (exact) mass is 399 g/mol. The minimum absolute atomic E-state index is 0.0755. The van der Waals surface area contributed by atoms with Crippen LogP contribution in [0.2, 0.25) is 0 Å². The summed E-state index contributed by atoms with van der Waals surface area (Å²) in [6.45, 7) is 1.66. The number of nitrogens with zero attached hydrogens (tertiary/aromatic N) is 2. The molecule has 2 aromatic carbocycles. The van der Waals surface area contributed by atoms with Gasteiger partial charge in [-0.2, -0.15) is 5.26 Å². The highest BCUT2D eigenvalue weighted by atomic mass is 32.2. The van der Waals surface area contributed by atoms with Crippen molar-refractivity contribution in [1.82, 2.24) is 10.2 Å². The molecule has 0 aliphatic rings. The summed E-state index contributed by atoms with van der Waals surface area (Å²) in [4.78, 5) is 26.2. The first-order valence-electron chi connectivity index (χ1n) is 8.61. The van der Waals surface area contributed by atoms with E-state index in [0.29, 0.717) is 11.1 Å². The Hall–Kier alpha value is -3.18. The maximum atomic E-state index is 12.9. The molecule has 0 radical (unpaired) electrons. The van der Waals surface area contributed by atoms with E-state index in [4.69, 9.17) is 5.26 Å². The third kappa shape index (κ3) is 5.41. The summed E-state index contributed by atoms with van der Waals surface area (Å²) >= 11 is 0. The van der Waals surface area contributed by atoms with Crippen molar-refractivity contribution in [3.63, 3.8) is 0 Å². The van der Waals surface area contributed by atoms with Crippen LogP contribution < -0.4 is 5.32 Å². The van der Waals surface area contributed by atoms with E-state index in [1.54, 1.807) is 37.4 Å². The van der Waals surface area contributed by atoms with Crippen LogP contribution in [0.25, 0.3) is 11.1 Å². The lowest BCUT2D eigenvalue weighted by Gasteiger charge is -2.21. The van der Waals surface area contributed by atoms with Crippen molar-refractivity contribution in [2.24, 2.45) is 0 Å². The molecule has 0 heterocycles. The summed E-state index contributed by atoms with van der Waals surface area (Å²) in [6, 6.07) is 14.7. The zero-order valence-corrected chi connectivity index (χ0v) is 16.4. The zero-order chi connectivity index (χ0) is 20.7. The van der Waals surface area contributed by atoms with E-state index in [1.807, 2.05) is 30.3 Å². The first-order chi connectivity index (χ1) is 13.3. The minimum Gasteiger partial charge on any atom is -0.339 e. The molecule has 1 atom stereocenters. The second-order valence-corrected chi connectivity index (χ2v) is 8.40. The number of carbonyl (C=O) groups excluding carboxylic acids is 2. The summed E-state index contributed by atoms with van der Waals surface area (Å²) in [5.74, 6) is -1.94. The fourth-order valence-corrected chi connectivity index (χ4v) is 3.56. The number of sulfone groups is 1. The topological polar surface area (TPSA) is 107 Å². The standard InChI is InChI=1S/C20H21N3O4S/c1-3-23(14-21)20(25)18(13-28(2,26)27)22-19(24)17-12-8-7-11-16(17)15-9-5-4-6-10-15/h4-12,18H,3,13H2,1-2H3,(H,22,24). The number of hydrogen-bond acceptors (Lipinski definition) is 5. The third-order valence-electron chi connectivity index (χ3n) is 4.03. The summed E-state index contributed by atoms with van der Waals surface area (Å²) < 4.78 is 23.5.